The maximum absolute atomic E-state index is 12.6. The van der Waals surface area contributed by atoms with Gasteiger partial charge >= 0.3 is 12.1 Å². The highest BCUT2D eigenvalue weighted by Gasteiger charge is 2.43. The van der Waals surface area contributed by atoms with Crippen LogP contribution in [0.3, 0.4) is 0 Å². The molecule has 0 spiro atoms. The Hall–Kier alpha value is -2.45. The number of hydrogen-bond acceptors (Lipinski definition) is 3. The van der Waals surface area contributed by atoms with Crippen LogP contribution in [0.2, 0.25) is 10.0 Å². The average molecular weight is 446 g/mol. The fourth-order valence-corrected chi connectivity index (χ4v) is 3.40. The van der Waals surface area contributed by atoms with Gasteiger partial charge in [0.1, 0.15) is 0 Å². The Bertz CT molecular complexity index is 929. The SMILES string of the molecule is O=C(Nc1cc(Cl)ccc1N1CCN(C(=O)C(F)(F)F)CC1)c1cccc(Cl)c1. The number of hydrogen-bond donors (Lipinski definition) is 1. The molecule has 0 unspecified atom stereocenters. The van der Waals surface area contributed by atoms with Crippen molar-refractivity contribution in [1.29, 1.82) is 0 Å². The van der Waals surface area contributed by atoms with Crippen LogP contribution in [0.25, 0.3) is 0 Å². The number of piperazine rings is 1. The molecule has 0 atom stereocenters. The molecule has 154 valence electrons. The molecule has 0 radical (unpaired) electrons. The number of benzene rings is 2. The third kappa shape index (κ3) is 5.13. The highest BCUT2D eigenvalue weighted by molar-refractivity contribution is 6.31. The van der Waals surface area contributed by atoms with Crippen LogP contribution in [-0.2, 0) is 4.79 Å². The molecule has 1 aliphatic rings. The second-order valence-corrected chi connectivity index (χ2v) is 7.28. The topological polar surface area (TPSA) is 52.7 Å². The molecule has 10 heteroatoms. The maximum Gasteiger partial charge on any atom is 0.471 e. The van der Waals surface area contributed by atoms with Gasteiger partial charge in [0.15, 0.2) is 0 Å². The number of amides is 2. The number of alkyl halides is 3. The fourth-order valence-electron chi connectivity index (χ4n) is 3.04. The molecule has 2 aromatic rings. The van der Waals surface area contributed by atoms with E-state index in [-0.39, 0.29) is 26.2 Å². The Morgan fingerprint density at radius 2 is 1.59 bits per heavy atom. The normalized spacial score (nSPS) is 14.7. The van der Waals surface area contributed by atoms with Gasteiger partial charge in [0.05, 0.1) is 11.4 Å². The lowest BCUT2D eigenvalue weighted by atomic mass is 10.1. The summed E-state index contributed by atoms with van der Waals surface area (Å²) < 4.78 is 37.9. The van der Waals surface area contributed by atoms with Crippen molar-refractivity contribution in [2.75, 3.05) is 36.4 Å². The standard InChI is InChI=1S/C19H16Cl2F3N3O2/c20-13-3-1-2-12(10-13)17(28)25-15-11-14(21)4-5-16(15)26-6-8-27(9-7-26)18(29)19(22,23)24/h1-5,10-11H,6-9H2,(H,25,28). The van der Waals surface area contributed by atoms with Crippen LogP contribution in [-0.4, -0.2) is 49.1 Å². The first-order valence-electron chi connectivity index (χ1n) is 8.62. The van der Waals surface area contributed by atoms with Gasteiger partial charge in [0, 0.05) is 41.8 Å². The first-order valence-corrected chi connectivity index (χ1v) is 9.38. The summed E-state index contributed by atoms with van der Waals surface area (Å²) in [7, 11) is 0. The predicted octanol–water partition coefficient (Wildman–Crippen LogP) is 4.46. The molecule has 5 nitrogen and oxygen atoms in total. The minimum absolute atomic E-state index is 0.0807. The van der Waals surface area contributed by atoms with E-state index in [1.54, 1.807) is 41.3 Å². The van der Waals surface area contributed by atoms with E-state index in [1.165, 1.54) is 6.07 Å². The molecule has 0 saturated carbocycles. The van der Waals surface area contributed by atoms with E-state index in [0.717, 1.165) is 4.90 Å². The molecule has 2 aromatic carbocycles. The van der Waals surface area contributed by atoms with Gasteiger partial charge in [-0.15, -0.1) is 0 Å². The highest BCUT2D eigenvalue weighted by atomic mass is 35.5. The van der Waals surface area contributed by atoms with E-state index in [2.05, 4.69) is 5.32 Å². The van der Waals surface area contributed by atoms with E-state index >= 15 is 0 Å². The molecule has 1 heterocycles. The van der Waals surface area contributed by atoms with Crippen molar-refractivity contribution in [3.05, 3.63) is 58.1 Å². The molecule has 0 aliphatic carbocycles. The van der Waals surface area contributed by atoms with Gasteiger partial charge in [-0.2, -0.15) is 13.2 Å². The number of nitrogens with zero attached hydrogens (tertiary/aromatic N) is 2. The Labute approximate surface area is 175 Å². The summed E-state index contributed by atoms with van der Waals surface area (Å²) in [6.45, 7) is 0.207. The Morgan fingerprint density at radius 1 is 0.931 bits per heavy atom. The van der Waals surface area contributed by atoms with Crippen LogP contribution < -0.4 is 10.2 Å². The number of rotatable bonds is 3. The number of carbonyl (C=O) groups excluding carboxylic acids is 2. The van der Waals surface area contributed by atoms with E-state index in [9.17, 15) is 22.8 Å². The summed E-state index contributed by atoms with van der Waals surface area (Å²) in [5, 5.41) is 3.57. The van der Waals surface area contributed by atoms with Crippen LogP contribution in [0.1, 0.15) is 10.4 Å². The summed E-state index contributed by atoms with van der Waals surface area (Å²) in [6, 6.07) is 11.3. The van der Waals surface area contributed by atoms with Crippen molar-refractivity contribution in [2.24, 2.45) is 0 Å². The molecule has 1 saturated heterocycles. The van der Waals surface area contributed by atoms with Crippen molar-refractivity contribution < 1.29 is 22.8 Å². The number of anilines is 2. The summed E-state index contributed by atoms with van der Waals surface area (Å²) in [4.78, 5) is 26.5. The highest BCUT2D eigenvalue weighted by Crippen LogP contribution is 2.31. The second kappa shape index (κ2) is 8.51. The summed E-state index contributed by atoms with van der Waals surface area (Å²) in [5.74, 6) is -2.25. The molecule has 2 amide bonds. The lowest BCUT2D eigenvalue weighted by Crippen LogP contribution is -2.52. The smallest absolute Gasteiger partial charge is 0.366 e. The third-order valence-electron chi connectivity index (χ3n) is 4.44. The molecular formula is C19H16Cl2F3N3O2. The van der Waals surface area contributed by atoms with E-state index in [1.807, 2.05) is 0 Å². The molecular weight excluding hydrogens is 430 g/mol. The molecule has 0 aromatic heterocycles. The van der Waals surface area contributed by atoms with Crippen molar-refractivity contribution >= 4 is 46.4 Å². The number of nitrogens with one attached hydrogen (secondary N) is 1. The van der Waals surface area contributed by atoms with Crippen molar-refractivity contribution in [3.63, 3.8) is 0 Å². The van der Waals surface area contributed by atoms with E-state index in [4.69, 9.17) is 23.2 Å². The average Bonchev–Trinajstić information content (AvgIpc) is 2.67. The minimum atomic E-state index is -4.89. The number of halogens is 5. The lowest BCUT2D eigenvalue weighted by Gasteiger charge is -2.37. The molecule has 29 heavy (non-hydrogen) atoms. The van der Waals surface area contributed by atoms with Gasteiger partial charge in [0.25, 0.3) is 5.91 Å². The third-order valence-corrected chi connectivity index (χ3v) is 4.91. The van der Waals surface area contributed by atoms with Crippen molar-refractivity contribution in [1.82, 2.24) is 4.90 Å². The largest absolute Gasteiger partial charge is 0.471 e. The zero-order valence-electron chi connectivity index (χ0n) is 15.0. The van der Waals surface area contributed by atoms with Gasteiger partial charge < -0.3 is 15.1 Å². The first-order chi connectivity index (χ1) is 13.6. The predicted molar refractivity (Wildman–Crippen MR) is 106 cm³/mol. The summed E-state index contributed by atoms with van der Waals surface area (Å²) in [6.07, 6.45) is -4.89. The monoisotopic (exact) mass is 445 g/mol. The Morgan fingerprint density at radius 3 is 2.21 bits per heavy atom. The first kappa shape index (κ1) is 21.3. The minimum Gasteiger partial charge on any atom is -0.366 e. The van der Waals surface area contributed by atoms with Crippen LogP contribution >= 0.6 is 23.2 Å². The fraction of sp³-hybridized carbons (Fsp3) is 0.263. The van der Waals surface area contributed by atoms with Gasteiger partial charge in [0.2, 0.25) is 0 Å². The van der Waals surface area contributed by atoms with E-state index < -0.39 is 18.0 Å². The maximum atomic E-state index is 12.6. The van der Waals surface area contributed by atoms with Crippen LogP contribution in [0.4, 0.5) is 24.5 Å². The van der Waals surface area contributed by atoms with Crippen LogP contribution in [0, 0.1) is 0 Å². The summed E-state index contributed by atoms with van der Waals surface area (Å²) in [5.41, 5.74) is 1.37. The van der Waals surface area contributed by atoms with Crippen molar-refractivity contribution in [3.8, 4) is 0 Å². The van der Waals surface area contributed by atoms with Gasteiger partial charge in [-0.3, -0.25) is 9.59 Å². The summed E-state index contributed by atoms with van der Waals surface area (Å²) >= 11 is 12.0. The molecule has 3 rings (SSSR count). The zero-order valence-corrected chi connectivity index (χ0v) is 16.5. The van der Waals surface area contributed by atoms with Crippen LogP contribution in [0.15, 0.2) is 42.5 Å². The second-order valence-electron chi connectivity index (χ2n) is 6.40. The Balaban J connectivity index is 1.76. The van der Waals surface area contributed by atoms with E-state index in [0.29, 0.717) is 27.0 Å². The molecule has 1 N–H and O–H groups in total. The number of carbonyl (C=O) groups is 2. The van der Waals surface area contributed by atoms with Gasteiger partial charge in [-0.1, -0.05) is 29.3 Å². The zero-order chi connectivity index (χ0) is 21.2. The van der Waals surface area contributed by atoms with Crippen molar-refractivity contribution in [2.45, 2.75) is 6.18 Å². The lowest BCUT2D eigenvalue weighted by molar-refractivity contribution is -0.185. The molecule has 0 bridgehead atoms. The van der Waals surface area contributed by atoms with Crippen LogP contribution in [0.5, 0.6) is 0 Å². The Kier molecular flexibility index (Phi) is 6.24. The molecule has 1 fully saturated rings. The quantitative estimate of drug-likeness (QED) is 0.758. The van der Waals surface area contributed by atoms with Gasteiger partial charge in [-0.25, -0.2) is 0 Å². The van der Waals surface area contributed by atoms with Gasteiger partial charge in [-0.05, 0) is 36.4 Å². The molecule has 1 aliphatic heterocycles.